The summed E-state index contributed by atoms with van der Waals surface area (Å²) in [6.45, 7) is 5.14. The van der Waals surface area contributed by atoms with Crippen LogP contribution in [0.2, 0.25) is 0 Å². The largest absolute Gasteiger partial charge is 0.339 e. The van der Waals surface area contributed by atoms with Gasteiger partial charge in [0.05, 0.1) is 11.4 Å². The number of thioether (sulfide) groups is 1. The molecule has 8 nitrogen and oxygen atoms in total. The highest BCUT2D eigenvalue weighted by Gasteiger charge is 2.14. The van der Waals surface area contributed by atoms with Crippen LogP contribution < -0.4 is 5.32 Å². The molecular weight excluding hydrogens is 407 g/mol. The fraction of sp³-hybridized carbons (Fsp3) is 0.250. The van der Waals surface area contributed by atoms with Crippen molar-refractivity contribution in [2.24, 2.45) is 0 Å². The lowest BCUT2D eigenvalue weighted by molar-refractivity contribution is -0.113. The van der Waals surface area contributed by atoms with Gasteiger partial charge in [-0.15, -0.1) is 5.10 Å². The fourth-order valence-electron chi connectivity index (χ4n) is 2.76. The van der Waals surface area contributed by atoms with E-state index >= 15 is 0 Å². The minimum Gasteiger partial charge on any atom is -0.339 e. The second kappa shape index (κ2) is 9.97. The third-order valence-electron chi connectivity index (χ3n) is 4.29. The number of carbonyl (C=O) groups excluding carboxylic acids is 2. The van der Waals surface area contributed by atoms with E-state index < -0.39 is 5.82 Å². The fourth-order valence-corrected chi connectivity index (χ4v) is 3.45. The van der Waals surface area contributed by atoms with Crippen LogP contribution in [0.3, 0.4) is 0 Å². The predicted molar refractivity (Wildman–Crippen MR) is 112 cm³/mol. The number of hydrogen-bond donors (Lipinski definition) is 1. The standard InChI is InChI=1S/C20H21FN6O2S/c1-3-26(4-2)19(29)14-8-10-16(11-9-14)22-18(28)13-30-20-23-24-25-27(20)17-7-5-6-15(21)12-17/h5-12H,3-4,13H2,1-2H3,(H,22,28). The molecule has 0 saturated heterocycles. The lowest BCUT2D eigenvalue weighted by Gasteiger charge is -2.18. The number of aromatic nitrogens is 4. The molecule has 0 aliphatic carbocycles. The normalized spacial score (nSPS) is 10.6. The van der Waals surface area contributed by atoms with Crippen molar-refractivity contribution in [1.82, 2.24) is 25.1 Å². The first kappa shape index (κ1) is 21.4. The van der Waals surface area contributed by atoms with Crippen LogP contribution >= 0.6 is 11.8 Å². The Morgan fingerprint density at radius 2 is 1.87 bits per heavy atom. The van der Waals surface area contributed by atoms with Crippen molar-refractivity contribution in [2.45, 2.75) is 19.0 Å². The van der Waals surface area contributed by atoms with Crippen LogP contribution in [-0.4, -0.2) is 55.8 Å². The molecular formula is C20H21FN6O2S. The number of anilines is 1. The van der Waals surface area contributed by atoms with Gasteiger partial charge in [0.2, 0.25) is 11.1 Å². The van der Waals surface area contributed by atoms with E-state index in [-0.39, 0.29) is 17.6 Å². The molecule has 1 aromatic heterocycles. The number of tetrazole rings is 1. The van der Waals surface area contributed by atoms with Crippen LogP contribution in [0.25, 0.3) is 5.69 Å². The van der Waals surface area contributed by atoms with E-state index in [1.54, 1.807) is 41.3 Å². The van der Waals surface area contributed by atoms with Gasteiger partial charge in [0.1, 0.15) is 5.82 Å². The molecule has 0 fully saturated rings. The highest BCUT2D eigenvalue weighted by Crippen LogP contribution is 2.19. The van der Waals surface area contributed by atoms with Crippen LogP contribution in [0, 0.1) is 5.82 Å². The van der Waals surface area contributed by atoms with Gasteiger partial charge in [0, 0.05) is 24.3 Å². The molecule has 156 valence electrons. The Kier molecular flexibility index (Phi) is 7.12. The number of amides is 2. The molecule has 0 atom stereocenters. The van der Waals surface area contributed by atoms with Gasteiger partial charge in [-0.2, -0.15) is 4.68 Å². The molecule has 0 saturated carbocycles. The molecule has 0 bridgehead atoms. The van der Waals surface area contributed by atoms with Crippen LogP contribution in [0.15, 0.2) is 53.7 Å². The van der Waals surface area contributed by atoms with Crippen molar-refractivity contribution in [3.8, 4) is 5.69 Å². The summed E-state index contributed by atoms with van der Waals surface area (Å²) < 4.78 is 14.8. The van der Waals surface area contributed by atoms with Gasteiger partial charge in [0.15, 0.2) is 0 Å². The van der Waals surface area contributed by atoms with Crippen LogP contribution in [0.5, 0.6) is 0 Å². The van der Waals surface area contributed by atoms with Crippen molar-refractivity contribution in [2.75, 3.05) is 24.2 Å². The topological polar surface area (TPSA) is 93.0 Å². The Balaban J connectivity index is 1.58. The third-order valence-corrected chi connectivity index (χ3v) is 5.21. The van der Waals surface area contributed by atoms with E-state index in [1.165, 1.54) is 16.8 Å². The first-order chi connectivity index (χ1) is 14.5. The maximum absolute atomic E-state index is 13.4. The molecule has 0 radical (unpaired) electrons. The molecule has 1 heterocycles. The number of carbonyl (C=O) groups is 2. The number of nitrogens with zero attached hydrogens (tertiary/aromatic N) is 5. The summed E-state index contributed by atoms with van der Waals surface area (Å²) in [6.07, 6.45) is 0. The number of halogens is 1. The number of nitrogens with one attached hydrogen (secondary N) is 1. The minimum absolute atomic E-state index is 0.0439. The zero-order valence-electron chi connectivity index (χ0n) is 16.6. The maximum atomic E-state index is 13.4. The molecule has 10 heteroatoms. The van der Waals surface area contributed by atoms with E-state index in [9.17, 15) is 14.0 Å². The number of benzene rings is 2. The van der Waals surface area contributed by atoms with Crippen molar-refractivity contribution >= 4 is 29.3 Å². The summed E-state index contributed by atoms with van der Waals surface area (Å²) in [6, 6.07) is 12.6. The van der Waals surface area contributed by atoms with Crippen molar-refractivity contribution in [3.63, 3.8) is 0 Å². The average Bonchev–Trinajstić information content (AvgIpc) is 3.22. The average molecular weight is 428 g/mol. The van der Waals surface area contributed by atoms with Gasteiger partial charge in [0.25, 0.3) is 5.91 Å². The smallest absolute Gasteiger partial charge is 0.253 e. The van der Waals surface area contributed by atoms with Crippen LogP contribution in [-0.2, 0) is 4.79 Å². The zero-order chi connectivity index (χ0) is 21.5. The van der Waals surface area contributed by atoms with Gasteiger partial charge in [-0.3, -0.25) is 9.59 Å². The number of hydrogen-bond acceptors (Lipinski definition) is 6. The summed E-state index contributed by atoms with van der Waals surface area (Å²) in [4.78, 5) is 26.3. The molecule has 3 rings (SSSR count). The summed E-state index contributed by atoms with van der Waals surface area (Å²) in [7, 11) is 0. The van der Waals surface area contributed by atoms with Gasteiger partial charge in [-0.1, -0.05) is 17.8 Å². The lowest BCUT2D eigenvalue weighted by atomic mass is 10.2. The SMILES string of the molecule is CCN(CC)C(=O)c1ccc(NC(=O)CSc2nnnn2-c2cccc(F)c2)cc1. The van der Waals surface area contributed by atoms with Gasteiger partial charge in [-0.05, 0) is 66.7 Å². The Labute approximate surface area is 177 Å². The maximum Gasteiger partial charge on any atom is 0.253 e. The first-order valence-corrected chi connectivity index (χ1v) is 10.4. The molecule has 0 aliphatic heterocycles. The lowest BCUT2D eigenvalue weighted by Crippen LogP contribution is -2.30. The van der Waals surface area contributed by atoms with Gasteiger partial charge < -0.3 is 10.2 Å². The Morgan fingerprint density at radius 3 is 2.53 bits per heavy atom. The number of rotatable bonds is 8. The summed E-state index contributed by atoms with van der Waals surface area (Å²) in [5.41, 5.74) is 1.62. The Hall–Kier alpha value is -3.27. The van der Waals surface area contributed by atoms with E-state index in [1.807, 2.05) is 13.8 Å². The molecule has 3 aromatic rings. The molecule has 30 heavy (non-hydrogen) atoms. The molecule has 2 amide bonds. The van der Waals surface area contributed by atoms with Crippen molar-refractivity contribution < 1.29 is 14.0 Å². The van der Waals surface area contributed by atoms with Crippen molar-refractivity contribution in [3.05, 3.63) is 59.9 Å². The van der Waals surface area contributed by atoms with E-state index in [4.69, 9.17) is 0 Å². The molecule has 2 aromatic carbocycles. The van der Waals surface area contributed by atoms with Crippen LogP contribution in [0.4, 0.5) is 10.1 Å². The molecule has 0 unspecified atom stereocenters. The summed E-state index contributed by atoms with van der Waals surface area (Å²) in [5.74, 6) is -0.635. The summed E-state index contributed by atoms with van der Waals surface area (Å²) >= 11 is 1.13. The molecule has 0 spiro atoms. The third kappa shape index (κ3) is 5.20. The molecule has 0 aliphatic rings. The first-order valence-electron chi connectivity index (χ1n) is 9.38. The monoisotopic (exact) mass is 428 g/mol. The second-order valence-corrected chi connectivity index (χ2v) is 7.19. The zero-order valence-corrected chi connectivity index (χ0v) is 17.4. The minimum atomic E-state index is -0.403. The highest BCUT2D eigenvalue weighted by atomic mass is 32.2. The summed E-state index contributed by atoms with van der Waals surface area (Å²) in [5, 5.41) is 14.5. The Bertz CT molecular complexity index is 1020. The predicted octanol–water partition coefficient (Wildman–Crippen LogP) is 3.01. The van der Waals surface area contributed by atoms with E-state index in [0.29, 0.717) is 35.2 Å². The van der Waals surface area contributed by atoms with Gasteiger partial charge in [-0.25, -0.2) is 4.39 Å². The van der Waals surface area contributed by atoms with Gasteiger partial charge >= 0.3 is 0 Å². The Morgan fingerprint density at radius 1 is 1.13 bits per heavy atom. The van der Waals surface area contributed by atoms with E-state index in [2.05, 4.69) is 20.8 Å². The van der Waals surface area contributed by atoms with Crippen LogP contribution in [0.1, 0.15) is 24.2 Å². The second-order valence-electron chi connectivity index (χ2n) is 6.24. The highest BCUT2D eigenvalue weighted by molar-refractivity contribution is 7.99. The van der Waals surface area contributed by atoms with E-state index in [0.717, 1.165) is 11.8 Å². The molecule has 1 N–H and O–H groups in total. The van der Waals surface area contributed by atoms with Crippen molar-refractivity contribution in [1.29, 1.82) is 0 Å². The quantitative estimate of drug-likeness (QED) is 0.555.